The average Bonchev–Trinajstić information content (AvgIpc) is 2.59. The minimum Gasteiger partial charge on any atom is -0.394 e. The number of rotatable bonds is 3. The number of benzene rings is 3. The summed E-state index contributed by atoms with van der Waals surface area (Å²) in [7, 11) is 0. The van der Waals surface area contributed by atoms with E-state index in [9.17, 15) is 4.79 Å². The lowest BCUT2D eigenvalue weighted by Crippen LogP contribution is -2.14. The largest absolute Gasteiger partial charge is 0.519 e. The van der Waals surface area contributed by atoms with Crippen molar-refractivity contribution < 1.29 is 14.3 Å². The number of hydrogen-bond acceptors (Lipinski definition) is 3. The van der Waals surface area contributed by atoms with Gasteiger partial charge in [0, 0.05) is 5.56 Å². The molecular weight excluding hydrogens is 300 g/mol. The van der Waals surface area contributed by atoms with Gasteiger partial charge in [-0.3, -0.25) is 0 Å². The third kappa shape index (κ3) is 3.63. The molecule has 3 rings (SSSR count). The van der Waals surface area contributed by atoms with Crippen molar-refractivity contribution in [2.45, 2.75) is 13.8 Å². The van der Waals surface area contributed by atoms with Gasteiger partial charge < -0.3 is 9.47 Å². The van der Waals surface area contributed by atoms with Gasteiger partial charge in [-0.05, 0) is 37.1 Å². The third-order valence-electron chi connectivity index (χ3n) is 3.69. The van der Waals surface area contributed by atoms with Crippen LogP contribution in [0.1, 0.15) is 11.1 Å². The fourth-order valence-electron chi connectivity index (χ4n) is 2.53. The highest BCUT2D eigenvalue weighted by Crippen LogP contribution is 2.30. The van der Waals surface area contributed by atoms with E-state index in [1.54, 1.807) is 12.1 Å². The van der Waals surface area contributed by atoms with Crippen molar-refractivity contribution in [1.29, 1.82) is 0 Å². The van der Waals surface area contributed by atoms with Crippen LogP contribution in [0.5, 0.6) is 11.5 Å². The summed E-state index contributed by atoms with van der Waals surface area (Å²) in [5, 5.41) is 0. The molecule has 0 aliphatic rings. The highest BCUT2D eigenvalue weighted by Gasteiger charge is 2.13. The Morgan fingerprint density at radius 3 is 2.17 bits per heavy atom. The Hall–Kier alpha value is -3.07. The lowest BCUT2D eigenvalue weighted by atomic mass is 10.1. The number of carbonyl (C=O) groups excluding carboxylic acids is 1. The van der Waals surface area contributed by atoms with Crippen LogP contribution in [0.3, 0.4) is 0 Å². The first kappa shape index (κ1) is 15.8. The summed E-state index contributed by atoms with van der Waals surface area (Å²) in [5.74, 6) is 0.973. The van der Waals surface area contributed by atoms with Crippen LogP contribution in [-0.4, -0.2) is 6.16 Å². The van der Waals surface area contributed by atoms with Gasteiger partial charge in [-0.1, -0.05) is 66.2 Å². The molecule has 0 N–H and O–H groups in total. The summed E-state index contributed by atoms with van der Waals surface area (Å²) >= 11 is 0. The second kappa shape index (κ2) is 7.01. The van der Waals surface area contributed by atoms with Gasteiger partial charge in [0.2, 0.25) is 0 Å². The van der Waals surface area contributed by atoms with E-state index in [4.69, 9.17) is 9.47 Å². The number of para-hydroxylation sites is 1. The van der Waals surface area contributed by atoms with E-state index in [1.165, 1.54) is 0 Å². The molecule has 0 unspecified atom stereocenters. The molecule has 0 fully saturated rings. The number of aryl methyl sites for hydroxylation is 2. The molecule has 120 valence electrons. The molecular formula is C21H18O3. The number of carbonyl (C=O) groups is 1. The summed E-state index contributed by atoms with van der Waals surface area (Å²) in [5.41, 5.74) is 3.83. The topological polar surface area (TPSA) is 35.5 Å². The second-order valence-corrected chi connectivity index (χ2v) is 5.59. The van der Waals surface area contributed by atoms with Crippen molar-refractivity contribution in [2.24, 2.45) is 0 Å². The first-order valence-corrected chi connectivity index (χ1v) is 7.75. The Balaban J connectivity index is 1.80. The first-order chi connectivity index (χ1) is 11.6. The SMILES string of the molecule is Cc1ccc(OC(=O)Oc2ccccc2-c2ccccc2)c(C)c1. The Morgan fingerprint density at radius 1 is 0.750 bits per heavy atom. The Kier molecular flexibility index (Phi) is 4.62. The van der Waals surface area contributed by atoms with Crippen molar-refractivity contribution in [3.05, 3.63) is 83.9 Å². The second-order valence-electron chi connectivity index (χ2n) is 5.59. The van der Waals surface area contributed by atoms with E-state index in [1.807, 2.05) is 74.5 Å². The van der Waals surface area contributed by atoms with Crippen molar-refractivity contribution in [2.75, 3.05) is 0 Å². The molecule has 0 radical (unpaired) electrons. The van der Waals surface area contributed by atoms with E-state index < -0.39 is 6.16 Å². The Morgan fingerprint density at radius 2 is 1.42 bits per heavy atom. The predicted molar refractivity (Wildman–Crippen MR) is 94.4 cm³/mol. The van der Waals surface area contributed by atoms with Crippen LogP contribution in [0.15, 0.2) is 72.8 Å². The molecule has 0 saturated heterocycles. The monoisotopic (exact) mass is 318 g/mol. The minimum atomic E-state index is -0.745. The highest BCUT2D eigenvalue weighted by molar-refractivity contribution is 5.75. The smallest absolute Gasteiger partial charge is 0.394 e. The van der Waals surface area contributed by atoms with Crippen LogP contribution in [-0.2, 0) is 0 Å². The molecule has 24 heavy (non-hydrogen) atoms. The maximum absolute atomic E-state index is 12.2. The summed E-state index contributed by atoms with van der Waals surface area (Å²) in [6, 6.07) is 22.8. The maximum Gasteiger partial charge on any atom is 0.519 e. The molecule has 0 bridgehead atoms. The lowest BCUT2D eigenvalue weighted by molar-refractivity contribution is 0.151. The summed E-state index contributed by atoms with van der Waals surface area (Å²) in [6.45, 7) is 3.89. The fourth-order valence-corrected chi connectivity index (χ4v) is 2.53. The van der Waals surface area contributed by atoms with E-state index >= 15 is 0 Å². The zero-order chi connectivity index (χ0) is 16.9. The van der Waals surface area contributed by atoms with Crippen molar-refractivity contribution >= 4 is 6.16 Å². The molecule has 3 aromatic rings. The number of hydrogen-bond donors (Lipinski definition) is 0. The zero-order valence-electron chi connectivity index (χ0n) is 13.7. The molecule has 3 nitrogen and oxygen atoms in total. The molecule has 0 saturated carbocycles. The van der Waals surface area contributed by atoms with Crippen molar-refractivity contribution in [3.8, 4) is 22.6 Å². The summed E-state index contributed by atoms with van der Waals surface area (Å²) in [4.78, 5) is 12.2. The molecule has 0 atom stereocenters. The number of ether oxygens (including phenoxy) is 2. The molecule has 0 aliphatic heterocycles. The molecule has 0 aromatic heterocycles. The third-order valence-corrected chi connectivity index (χ3v) is 3.69. The molecule has 3 heteroatoms. The van der Waals surface area contributed by atoms with Crippen LogP contribution < -0.4 is 9.47 Å². The Labute approximate surface area is 141 Å². The zero-order valence-corrected chi connectivity index (χ0v) is 13.7. The summed E-state index contributed by atoms with van der Waals surface area (Å²) < 4.78 is 10.8. The molecule has 0 heterocycles. The van der Waals surface area contributed by atoms with Crippen LogP contribution in [0, 0.1) is 13.8 Å². The minimum absolute atomic E-state index is 0.471. The lowest BCUT2D eigenvalue weighted by Gasteiger charge is -2.11. The van der Waals surface area contributed by atoms with Crippen LogP contribution >= 0.6 is 0 Å². The average molecular weight is 318 g/mol. The maximum atomic E-state index is 12.2. The van der Waals surface area contributed by atoms with E-state index in [0.717, 1.165) is 22.3 Å². The van der Waals surface area contributed by atoms with Crippen molar-refractivity contribution in [3.63, 3.8) is 0 Å². The normalized spacial score (nSPS) is 10.2. The molecule has 0 amide bonds. The Bertz CT molecular complexity index is 854. The van der Waals surface area contributed by atoms with Gasteiger partial charge in [0.1, 0.15) is 11.5 Å². The van der Waals surface area contributed by atoms with Gasteiger partial charge in [0.25, 0.3) is 0 Å². The van der Waals surface area contributed by atoms with Gasteiger partial charge in [-0.2, -0.15) is 0 Å². The first-order valence-electron chi connectivity index (χ1n) is 7.75. The van der Waals surface area contributed by atoms with E-state index in [2.05, 4.69) is 0 Å². The highest BCUT2D eigenvalue weighted by atomic mass is 16.7. The van der Waals surface area contributed by atoms with Gasteiger partial charge in [-0.25, -0.2) is 4.79 Å². The van der Waals surface area contributed by atoms with Gasteiger partial charge in [0.15, 0.2) is 0 Å². The summed E-state index contributed by atoms with van der Waals surface area (Å²) in [6.07, 6.45) is -0.745. The van der Waals surface area contributed by atoms with Crippen molar-refractivity contribution in [1.82, 2.24) is 0 Å². The quantitative estimate of drug-likeness (QED) is 0.469. The van der Waals surface area contributed by atoms with Crippen LogP contribution in [0.25, 0.3) is 11.1 Å². The van der Waals surface area contributed by atoms with Crippen LogP contribution in [0.2, 0.25) is 0 Å². The fraction of sp³-hybridized carbons (Fsp3) is 0.0952. The standard InChI is InChI=1S/C21H18O3/c1-15-12-13-19(16(2)14-15)23-21(22)24-20-11-7-6-10-18(20)17-8-4-3-5-9-17/h3-14H,1-2H3. The van der Waals surface area contributed by atoms with E-state index in [-0.39, 0.29) is 0 Å². The van der Waals surface area contributed by atoms with Gasteiger partial charge >= 0.3 is 6.16 Å². The van der Waals surface area contributed by atoms with Crippen LogP contribution in [0.4, 0.5) is 4.79 Å². The molecule has 3 aromatic carbocycles. The molecule has 0 spiro atoms. The molecule has 0 aliphatic carbocycles. The van der Waals surface area contributed by atoms with Gasteiger partial charge in [-0.15, -0.1) is 0 Å². The van der Waals surface area contributed by atoms with E-state index in [0.29, 0.717) is 11.5 Å². The predicted octanol–water partition coefficient (Wildman–Crippen LogP) is 5.55. The van der Waals surface area contributed by atoms with Gasteiger partial charge in [0.05, 0.1) is 0 Å².